The number of hydrogen-bond acceptors (Lipinski definition) is 3. The predicted molar refractivity (Wildman–Crippen MR) is 80.1 cm³/mol. The third kappa shape index (κ3) is 5.27. The average Bonchev–Trinajstić information content (AvgIpc) is 2.35. The lowest BCUT2D eigenvalue weighted by atomic mass is 9.89. The van der Waals surface area contributed by atoms with Crippen molar-refractivity contribution in [3.05, 3.63) is 12.2 Å². The molecule has 0 amide bonds. The number of likely N-dealkylation sites (N-methyl/N-ethyl adjacent to an activating group) is 1. The standard InChI is InChI=1S/C16H29NO2/c1-8-9-10-13(6)16(19)14(15(18)11(2)3)17(7)12(4)5/h8-9,11-14H,10H2,1-7H3/t13-,14-/m1/s1. The van der Waals surface area contributed by atoms with Crippen LogP contribution < -0.4 is 0 Å². The topological polar surface area (TPSA) is 37.4 Å². The zero-order valence-corrected chi connectivity index (χ0v) is 13.4. The molecule has 0 aliphatic carbocycles. The highest BCUT2D eigenvalue weighted by Crippen LogP contribution is 2.17. The van der Waals surface area contributed by atoms with E-state index in [4.69, 9.17) is 0 Å². The Kier molecular flexibility index (Phi) is 7.84. The third-order valence-electron chi connectivity index (χ3n) is 3.54. The minimum atomic E-state index is -0.611. The van der Waals surface area contributed by atoms with Gasteiger partial charge in [-0.15, -0.1) is 0 Å². The fraction of sp³-hybridized carbons (Fsp3) is 0.750. The van der Waals surface area contributed by atoms with E-state index < -0.39 is 6.04 Å². The number of allylic oxidation sites excluding steroid dienone is 2. The van der Waals surface area contributed by atoms with Crippen LogP contribution >= 0.6 is 0 Å². The molecular weight excluding hydrogens is 238 g/mol. The summed E-state index contributed by atoms with van der Waals surface area (Å²) in [5.74, 6) is -0.185. The fourth-order valence-corrected chi connectivity index (χ4v) is 1.88. The molecule has 0 aromatic carbocycles. The van der Waals surface area contributed by atoms with Crippen LogP contribution in [0.5, 0.6) is 0 Å². The summed E-state index contributed by atoms with van der Waals surface area (Å²) in [5.41, 5.74) is 0. The minimum Gasteiger partial charge on any atom is -0.297 e. The van der Waals surface area contributed by atoms with Gasteiger partial charge in [0.25, 0.3) is 0 Å². The van der Waals surface area contributed by atoms with Crippen LogP contribution in [0.1, 0.15) is 48.0 Å². The smallest absolute Gasteiger partial charge is 0.160 e. The number of Topliss-reactive ketones (excluding diaryl/α,β-unsaturated/α-hetero) is 2. The number of nitrogens with zero attached hydrogens (tertiary/aromatic N) is 1. The molecule has 0 saturated carbocycles. The molecule has 110 valence electrons. The van der Waals surface area contributed by atoms with Crippen LogP contribution in [0.15, 0.2) is 12.2 Å². The molecule has 0 radical (unpaired) electrons. The van der Waals surface area contributed by atoms with Gasteiger partial charge in [-0.25, -0.2) is 0 Å². The minimum absolute atomic E-state index is 0.0218. The van der Waals surface area contributed by atoms with Crippen LogP contribution in [0.2, 0.25) is 0 Å². The predicted octanol–water partition coefficient (Wildman–Crippen LogP) is 3.09. The molecular formula is C16H29NO2. The Hall–Kier alpha value is -0.960. The molecule has 0 rings (SSSR count). The molecule has 0 bridgehead atoms. The highest BCUT2D eigenvalue weighted by molar-refractivity contribution is 6.07. The Morgan fingerprint density at radius 1 is 1.05 bits per heavy atom. The van der Waals surface area contributed by atoms with E-state index in [2.05, 4.69) is 0 Å². The van der Waals surface area contributed by atoms with E-state index in [0.29, 0.717) is 6.42 Å². The molecule has 0 aliphatic heterocycles. The van der Waals surface area contributed by atoms with Gasteiger partial charge >= 0.3 is 0 Å². The van der Waals surface area contributed by atoms with Crippen molar-refractivity contribution in [3.8, 4) is 0 Å². The van der Waals surface area contributed by atoms with E-state index in [1.54, 1.807) is 0 Å². The summed E-state index contributed by atoms with van der Waals surface area (Å²) >= 11 is 0. The van der Waals surface area contributed by atoms with Crippen molar-refractivity contribution in [2.45, 2.75) is 60.0 Å². The van der Waals surface area contributed by atoms with Gasteiger partial charge in [0.05, 0.1) is 0 Å². The van der Waals surface area contributed by atoms with Crippen molar-refractivity contribution in [2.75, 3.05) is 7.05 Å². The van der Waals surface area contributed by atoms with E-state index in [-0.39, 0.29) is 29.4 Å². The van der Waals surface area contributed by atoms with Gasteiger partial charge in [-0.1, -0.05) is 32.9 Å². The molecule has 0 aromatic rings. The highest BCUT2D eigenvalue weighted by Gasteiger charge is 2.35. The highest BCUT2D eigenvalue weighted by atomic mass is 16.2. The normalized spacial score (nSPS) is 15.5. The lowest BCUT2D eigenvalue weighted by molar-refractivity contribution is -0.138. The number of hydrogen-bond donors (Lipinski definition) is 0. The summed E-state index contributed by atoms with van der Waals surface area (Å²) in [7, 11) is 1.86. The Labute approximate surface area is 118 Å². The van der Waals surface area contributed by atoms with Crippen molar-refractivity contribution in [1.82, 2.24) is 4.90 Å². The van der Waals surface area contributed by atoms with Crippen LogP contribution in [0.3, 0.4) is 0 Å². The largest absolute Gasteiger partial charge is 0.297 e. The zero-order chi connectivity index (χ0) is 15.2. The molecule has 0 saturated heterocycles. The van der Waals surface area contributed by atoms with E-state index in [1.165, 1.54) is 0 Å². The lowest BCUT2D eigenvalue weighted by Crippen LogP contribution is -2.50. The third-order valence-corrected chi connectivity index (χ3v) is 3.54. The van der Waals surface area contributed by atoms with Crippen molar-refractivity contribution in [2.24, 2.45) is 11.8 Å². The molecule has 0 heterocycles. The first-order chi connectivity index (χ1) is 8.73. The Morgan fingerprint density at radius 2 is 1.58 bits per heavy atom. The second kappa shape index (κ2) is 8.26. The van der Waals surface area contributed by atoms with Gasteiger partial charge in [-0.05, 0) is 34.2 Å². The summed E-state index contributed by atoms with van der Waals surface area (Å²) < 4.78 is 0. The van der Waals surface area contributed by atoms with Crippen LogP contribution in [0.4, 0.5) is 0 Å². The summed E-state index contributed by atoms with van der Waals surface area (Å²) in [6, 6.07) is -0.439. The second-order valence-corrected chi connectivity index (χ2v) is 5.83. The quantitative estimate of drug-likeness (QED) is 0.501. The monoisotopic (exact) mass is 267 g/mol. The lowest BCUT2D eigenvalue weighted by Gasteiger charge is -2.31. The number of carbonyl (C=O) groups excluding carboxylic acids is 2. The molecule has 0 aliphatic rings. The maximum absolute atomic E-state index is 12.5. The average molecular weight is 267 g/mol. The number of rotatable bonds is 8. The zero-order valence-electron chi connectivity index (χ0n) is 13.4. The van der Waals surface area contributed by atoms with E-state index >= 15 is 0 Å². The van der Waals surface area contributed by atoms with Gasteiger partial charge in [0.1, 0.15) is 6.04 Å². The molecule has 3 nitrogen and oxygen atoms in total. The van der Waals surface area contributed by atoms with Gasteiger partial charge in [0.2, 0.25) is 0 Å². The van der Waals surface area contributed by atoms with Crippen LogP contribution in [-0.2, 0) is 9.59 Å². The Morgan fingerprint density at radius 3 is 1.95 bits per heavy atom. The number of ketones is 2. The molecule has 0 aromatic heterocycles. The molecule has 2 atom stereocenters. The van der Waals surface area contributed by atoms with Gasteiger partial charge in [-0.3, -0.25) is 14.5 Å². The maximum Gasteiger partial charge on any atom is 0.160 e. The molecule has 0 N–H and O–H groups in total. The molecule has 3 heteroatoms. The number of carbonyl (C=O) groups is 2. The van der Waals surface area contributed by atoms with Crippen molar-refractivity contribution in [3.63, 3.8) is 0 Å². The first kappa shape index (κ1) is 18.0. The summed E-state index contributed by atoms with van der Waals surface area (Å²) in [5, 5.41) is 0. The van der Waals surface area contributed by atoms with Crippen molar-refractivity contribution < 1.29 is 9.59 Å². The second-order valence-electron chi connectivity index (χ2n) is 5.83. The van der Waals surface area contributed by atoms with Crippen molar-refractivity contribution >= 4 is 11.6 Å². The van der Waals surface area contributed by atoms with Gasteiger partial charge < -0.3 is 0 Å². The van der Waals surface area contributed by atoms with E-state index in [9.17, 15) is 9.59 Å². The van der Waals surface area contributed by atoms with Crippen molar-refractivity contribution in [1.29, 1.82) is 0 Å². The van der Waals surface area contributed by atoms with Gasteiger partial charge in [-0.2, -0.15) is 0 Å². The van der Waals surface area contributed by atoms with E-state index in [0.717, 1.165) is 0 Å². The van der Waals surface area contributed by atoms with Gasteiger partial charge in [0, 0.05) is 17.9 Å². The van der Waals surface area contributed by atoms with Crippen LogP contribution in [0.25, 0.3) is 0 Å². The Bertz CT molecular complexity index is 332. The molecule has 0 unspecified atom stereocenters. The molecule has 19 heavy (non-hydrogen) atoms. The van der Waals surface area contributed by atoms with E-state index in [1.807, 2.05) is 65.6 Å². The molecule has 0 spiro atoms. The van der Waals surface area contributed by atoms with Gasteiger partial charge in [0.15, 0.2) is 11.6 Å². The first-order valence-corrected chi connectivity index (χ1v) is 7.14. The first-order valence-electron chi connectivity index (χ1n) is 7.14. The summed E-state index contributed by atoms with van der Waals surface area (Å²) in [6.45, 7) is 11.6. The Balaban J connectivity index is 5.13. The summed E-state index contributed by atoms with van der Waals surface area (Å²) in [6.07, 6.45) is 4.62. The van der Waals surface area contributed by atoms with Crippen LogP contribution in [-0.4, -0.2) is 35.6 Å². The summed E-state index contributed by atoms with van der Waals surface area (Å²) in [4.78, 5) is 26.8. The SMILES string of the molecule is CC=CC[C@@H](C)C(=O)[C@@H](C(=O)C(C)C)N(C)C(C)C. The maximum atomic E-state index is 12.5. The van der Waals surface area contributed by atoms with Crippen LogP contribution in [0, 0.1) is 11.8 Å². The molecule has 0 fully saturated rings. The fourth-order valence-electron chi connectivity index (χ4n) is 1.88.